The molecule has 1 aromatic rings. The first-order valence-electron chi connectivity index (χ1n) is 6.05. The summed E-state index contributed by atoms with van der Waals surface area (Å²) >= 11 is 0. The van der Waals surface area contributed by atoms with Gasteiger partial charge < -0.3 is 5.73 Å². The molecule has 0 atom stereocenters. The zero-order chi connectivity index (χ0) is 12.3. The summed E-state index contributed by atoms with van der Waals surface area (Å²) in [5, 5.41) is 0. The normalized spacial score (nSPS) is 17.5. The molecule has 0 spiro atoms. The third-order valence-electron chi connectivity index (χ3n) is 3.45. The molecule has 0 radical (unpaired) electrons. The van der Waals surface area contributed by atoms with Crippen LogP contribution in [0.2, 0.25) is 0 Å². The van der Waals surface area contributed by atoms with E-state index < -0.39 is 11.6 Å². The summed E-state index contributed by atoms with van der Waals surface area (Å²) < 4.78 is 26.2. The minimum atomic E-state index is -0.520. The first-order chi connectivity index (χ1) is 8.19. The van der Waals surface area contributed by atoms with Gasteiger partial charge in [-0.3, -0.25) is 4.90 Å². The number of likely N-dealkylation sites (tertiary alicyclic amines) is 1. The van der Waals surface area contributed by atoms with Crippen molar-refractivity contribution in [1.29, 1.82) is 0 Å². The molecule has 0 aliphatic carbocycles. The van der Waals surface area contributed by atoms with Gasteiger partial charge >= 0.3 is 0 Å². The maximum atomic E-state index is 13.5. The molecule has 102 valence electrons. The Morgan fingerprint density at radius 2 is 1.89 bits per heavy atom. The van der Waals surface area contributed by atoms with Gasteiger partial charge in [0.15, 0.2) is 0 Å². The molecule has 0 saturated carbocycles. The molecule has 1 aromatic carbocycles. The number of hydrogen-bond donors (Lipinski definition) is 1. The van der Waals surface area contributed by atoms with Crippen LogP contribution in [0.4, 0.5) is 8.78 Å². The topological polar surface area (TPSA) is 29.3 Å². The number of benzene rings is 1. The first kappa shape index (κ1) is 15.3. The van der Waals surface area contributed by atoms with E-state index in [4.69, 9.17) is 5.73 Å². The van der Waals surface area contributed by atoms with Crippen LogP contribution in [0.1, 0.15) is 18.4 Å². The van der Waals surface area contributed by atoms with Gasteiger partial charge in [0, 0.05) is 18.2 Å². The Kier molecular flexibility index (Phi) is 5.99. The predicted molar refractivity (Wildman–Crippen MR) is 70.7 cm³/mol. The lowest BCUT2D eigenvalue weighted by Gasteiger charge is -2.31. The van der Waals surface area contributed by atoms with Gasteiger partial charge in [0.2, 0.25) is 0 Å². The average molecular weight is 277 g/mol. The van der Waals surface area contributed by atoms with Crippen LogP contribution in [0.3, 0.4) is 0 Å². The minimum absolute atomic E-state index is 0. The van der Waals surface area contributed by atoms with Gasteiger partial charge in [-0.1, -0.05) is 6.07 Å². The summed E-state index contributed by atoms with van der Waals surface area (Å²) in [6.07, 6.45) is 2.14. The summed E-state index contributed by atoms with van der Waals surface area (Å²) in [7, 11) is 0. The van der Waals surface area contributed by atoms with E-state index in [2.05, 4.69) is 4.90 Å². The Balaban J connectivity index is 0.00000162. The van der Waals surface area contributed by atoms with Crippen molar-refractivity contribution in [2.24, 2.45) is 11.7 Å². The second-order valence-electron chi connectivity index (χ2n) is 4.69. The van der Waals surface area contributed by atoms with E-state index in [1.165, 1.54) is 12.1 Å². The van der Waals surface area contributed by atoms with Gasteiger partial charge in [-0.25, -0.2) is 8.78 Å². The van der Waals surface area contributed by atoms with Crippen LogP contribution < -0.4 is 5.73 Å². The van der Waals surface area contributed by atoms with Crippen LogP contribution in [-0.4, -0.2) is 24.5 Å². The molecule has 5 heteroatoms. The van der Waals surface area contributed by atoms with Crippen LogP contribution in [0.15, 0.2) is 18.2 Å². The Morgan fingerprint density at radius 1 is 1.22 bits per heavy atom. The smallest absolute Gasteiger partial charge is 0.130 e. The van der Waals surface area contributed by atoms with Gasteiger partial charge in [-0.15, -0.1) is 12.4 Å². The lowest BCUT2D eigenvalue weighted by atomic mass is 9.97. The summed E-state index contributed by atoms with van der Waals surface area (Å²) in [6.45, 7) is 3.18. The van der Waals surface area contributed by atoms with Crippen molar-refractivity contribution in [1.82, 2.24) is 4.90 Å². The maximum Gasteiger partial charge on any atom is 0.130 e. The van der Waals surface area contributed by atoms with E-state index in [0.29, 0.717) is 18.0 Å². The molecular weight excluding hydrogens is 258 g/mol. The fourth-order valence-corrected chi connectivity index (χ4v) is 2.27. The van der Waals surface area contributed by atoms with Crippen molar-refractivity contribution in [2.75, 3.05) is 19.6 Å². The standard InChI is InChI=1S/C13H18F2N2.ClH/c14-12-2-1-11(13(15)7-12)9-17-5-3-10(8-16)4-6-17;/h1-2,7,10H,3-6,8-9,16H2;1H. The Morgan fingerprint density at radius 3 is 2.44 bits per heavy atom. The Bertz CT molecular complexity index is 379. The van der Waals surface area contributed by atoms with Crippen LogP contribution in [0.25, 0.3) is 0 Å². The minimum Gasteiger partial charge on any atom is -0.330 e. The number of hydrogen-bond acceptors (Lipinski definition) is 2. The first-order valence-corrected chi connectivity index (χ1v) is 6.05. The molecule has 1 aliphatic heterocycles. The van der Waals surface area contributed by atoms with E-state index in [1.807, 2.05) is 0 Å². The third kappa shape index (κ3) is 3.90. The molecule has 1 heterocycles. The summed E-state index contributed by atoms with van der Waals surface area (Å²) in [4.78, 5) is 2.20. The van der Waals surface area contributed by atoms with Crippen molar-refractivity contribution in [3.05, 3.63) is 35.4 Å². The molecule has 2 nitrogen and oxygen atoms in total. The van der Waals surface area contributed by atoms with Gasteiger partial charge in [0.1, 0.15) is 11.6 Å². The van der Waals surface area contributed by atoms with Crippen molar-refractivity contribution in [2.45, 2.75) is 19.4 Å². The van der Waals surface area contributed by atoms with Crippen molar-refractivity contribution < 1.29 is 8.78 Å². The zero-order valence-corrected chi connectivity index (χ0v) is 11.1. The number of nitrogens with two attached hydrogens (primary N) is 1. The highest BCUT2D eigenvalue weighted by molar-refractivity contribution is 5.85. The highest BCUT2D eigenvalue weighted by atomic mass is 35.5. The molecule has 1 fully saturated rings. The van der Waals surface area contributed by atoms with E-state index in [-0.39, 0.29) is 12.4 Å². The van der Waals surface area contributed by atoms with Crippen LogP contribution in [0, 0.1) is 17.6 Å². The Labute approximate surface area is 113 Å². The zero-order valence-electron chi connectivity index (χ0n) is 10.2. The van der Waals surface area contributed by atoms with Gasteiger partial charge in [0.05, 0.1) is 0 Å². The molecule has 0 aromatic heterocycles. The lowest BCUT2D eigenvalue weighted by molar-refractivity contribution is 0.178. The van der Waals surface area contributed by atoms with E-state index in [9.17, 15) is 8.78 Å². The van der Waals surface area contributed by atoms with E-state index in [0.717, 1.165) is 38.5 Å². The summed E-state index contributed by atoms with van der Waals surface area (Å²) in [5.74, 6) is -0.372. The van der Waals surface area contributed by atoms with Crippen molar-refractivity contribution >= 4 is 12.4 Å². The number of rotatable bonds is 3. The molecule has 1 saturated heterocycles. The SMILES string of the molecule is Cl.NCC1CCN(Cc2ccc(F)cc2F)CC1. The second kappa shape index (κ2) is 7.02. The highest BCUT2D eigenvalue weighted by Crippen LogP contribution is 2.19. The summed E-state index contributed by atoms with van der Waals surface area (Å²) in [5.41, 5.74) is 6.19. The quantitative estimate of drug-likeness (QED) is 0.919. The molecule has 18 heavy (non-hydrogen) atoms. The molecular formula is C13H19ClF2N2. The van der Waals surface area contributed by atoms with E-state index in [1.54, 1.807) is 0 Å². The van der Waals surface area contributed by atoms with Crippen LogP contribution in [0.5, 0.6) is 0 Å². The molecule has 2 rings (SSSR count). The van der Waals surface area contributed by atoms with Crippen molar-refractivity contribution in [3.63, 3.8) is 0 Å². The lowest BCUT2D eigenvalue weighted by Crippen LogP contribution is -2.35. The molecule has 2 N–H and O–H groups in total. The van der Waals surface area contributed by atoms with Gasteiger partial charge in [0.25, 0.3) is 0 Å². The van der Waals surface area contributed by atoms with Crippen LogP contribution >= 0.6 is 12.4 Å². The van der Waals surface area contributed by atoms with Crippen LogP contribution in [-0.2, 0) is 6.54 Å². The molecule has 0 bridgehead atoms. The monoisotopic (exact) mass is 276 g/mol. The average Bonchev–Trinajstić information content (AvgIpc) is 2.34. The maximum absolute atomic E-state index is 13.5. The number of halogens is 3. The molecule has 1 aliphatic rings. The van der Waals surface area contributed by atoms with Crippen molar-refractivity contribution in [3.8, 4) is 0 Å². The largest absolute Gasteiger partial charge is 0.330 e. The molecule has 0 amide bonds. The van der Waals surface area contributed by atoms with Gasteiger partial charge in [-0.05, 0) is 44.5 Å². The number of nitrogens with zero attached hydrogens (tertiary/aromatic N) is 1. The van der Waals surface area contributed by atoms with E-state index >= 15 is 0 Å². The fourth-order valence-electron chi connectivity index (χ4n) is 2.27. The predicted octanol–water partition coefficient (Wildman–Crippen LogP) is 2.56. The fraction of sp³-hybridized carbons (Fsp3) is 0.538. The Hall–Kier alpha value is -0.710. The molecule has 0 unspecified atom stereocenters. The number of piperidine rings is 1. The highest BCUT2D eigenvalue weighted by Gasteiger charge is 2.18. The second-order valence-corrected chi connectivity index (χ2v) is 4.69. The van der Waals surface area contributed by atoms with Gasteiger partial charge in [-0.2, -0.15) is 0 Å². The third-order valence-corrected chi connectivity index (χ3v) is 3.45. The summed E-state index contributed by atoms with van der Waals surface area (Å²) in [6, 6.07) is 3.78.